The number of rotatable bonds is 4. The van der Waals surface area contributed by atoms with E-state index in [1.54, 1.807) is 0 Å². The predicted molar refractivity (Wildman–Crippen MR) is 106 cm³/mol. The number of hydrogen-bond acceptors (Lipinski definition) is 2. The Bertz CT molecular complexity index is 1190. The molecule has 0 fully saturated rings. The van der Waals surface area contributed by atoms with Gasteiger partial charge in [-0.3, -0.25) is 4.98 Å². The van der Waals surface area contributed by atoms with E-state index in [0.29, 0.717) is 11.5 Å². The Morgan fingerprint density at radius 2 is 2.04 bits per heavy atom. The summed E-state index contributed by atoms with van der Waals surface area (Å²) < 4.78 is 4.32. The number of imidazole rings is 2. The molecule has 0 aliphatic carbocycles. The number of nitriles is 1. The van der Waals surface area contributed by atoms with Crippen LogP contribution in [0.2, 0.25) is 0 Å². The van der Waals surface area contributed by atoms with Crippen LogP contribution in [0, 0.1) is 31.1 Å². The molecule has 3 heterocycles. The first-order chi connectivity index (χ1) is 13.0. The van der Waals surface area contributed by atoms with Gasteiger partial charge in [-0.1, -0.05) is 26.0 Å². The SMILES string of the molecule is Cc1c(CCC(C)C)c(-n2ccnc2C)[n+]2c([nH]c3ccccc32)c1C#N. The number of para-hydroxylation sites is 2. The van der Waals surface area contributed by atoms with Gasteiger partial charge in [0.25, 0.3) is 0 Å². The molecule has 0 aliphatic rings. The van der Waals surface area contributed by atoms with Crippen molar-refractivity contribution in [2.75, 3.05) is 0 Å². The number of fused-ring (bicyclic) bond motifs is 3. The lowest BCUT2D eigenvalue weighted by Gasteiger charge is -2.14. The van der Waals surface area contributed by atoms with Gasteiger partial charge >= 0.3 is 0 Å². The summed E-state index contributed by atoms with van der Waals surface area (Å²) in [7, 11) is 0. The quantitative estimate of drug-likeness (QED) is 0.557. The zero-order valence-electron chi connectivity index (χ0n) is 16.2. The maximum atomic E-state index is 9.92. The van der Waals surface area contributed by atoms with Gasteiger partial charge < -0.3 is 0 Å². The molecule has 136 valence electrons. The monoisotopic (exact) mass is 358 g/mol. The summed E-state index contributed by atoms with van der Waals surface area (Å²) in [6, 6.07) is 10.6. The average molecular weight is 358 g/mol. The standard InChI is InChI=1S/C22H23N5/c1-14(2)9-10-17-15(3)18(13-23)21-25-19-7-5-6-8-20(19)27(21)22(17)26-12-11-24-16(26)4/h5-8,11-12,14H,9-10H2,1-4H3/p+1. The van der Waals surface area contributed by atoms with Gasteiger partial charge in [-0.15, -0.1) is 0 Å². The summed E-state index contributed by atoms with van der Waals surface area (Å²) in [6.45, 7) is 8.55. The van der Waals surface area contributed by atoms with Crippen molar-refractivity contribution in [3.05, 3.63) is 59.2 Å². The number of aromatic nitrogens is 4. The van der Waals surface area contributed by atoms with Crippen molar-refractivity contribution >= 4 is 16.7 Å². The largest absolute Gasteiger partial charge is 0.269 e. The highest BCUT2D eigenvalue weighted by Gasteiger charge is 2.27. The molecule has 5 heteroatoms. The van der Waals surface area contributed by atoms with Crippen molar-refractivity contribution in [2.45, 2.75) is 40.5 Å². The molecule has 4 rings (SSSR count). The van der Waals surface area contributed by atoms with Gasteiger partial charge in [0.2, 0.25) is 11.5 Å². The lowest BCUT2D eigenvalue weighted by Crippen LogP contribution is -2.31. The van der Waals surface area contributed by atoms with Crippen LogP contribution in [0.25, 0.3) is 22.5 Å². The minimum Gasteiger partial charge on any atom is -0.269 e. The first-order valence-electron chi connectivity index (χ1n) is 9.41. The van der Waals surface area contributed by atoms with Crippen LogP contribution in [-0.4, -0.2) is 14.5 Å². The summed E-state index contributed by atoms with van der Waals surface area (Å²) in [6.07, 6.45) is 5.83. The van der Waals surface area contributed by atoms with Crippen LogP contribution < -0.4 is 4.40 Å². The number of hydrogen-bond donors (Lipinski definition) is 1. The Balaban J connectivity index is 2.19. The van der Waals surface area contributed by atoms with Crippen LogP contribution in [0.3, 0.4) is 0 Å². The highest BCUT2D eigenvalue weighted by Crippen LogP contribution is 2.27. The Morgan fingerprint density at radius 1 is 1.26 bits per heavy atom. The van der Waals surface area contributed by atoms with Crippen molar-refractivity contribution in [3.8, 4) is 11.9 Å². The molecule has 5 nitrogen and oxygen atoms in total. The molecule has 0 saturated heterocycles. The summed E-state index contributed by atoms with van der Waals surface area (Å²) in [4.78, 5) is 7.91. The topological polar surface area (TPSA) is 61.5 Å². The molecule has 0 spiro atoms. The van der Waals surface area contributed by atoms with Gasteiger partial charge in [-0.25, -0.2) is 9.55 Å². The van der Waals surface area contributed by atoms with E-state index in [-0.39, 0.29) is 0 Å². The third-order valence-electron chi connectivity index (χ3n) is 5.31. The average Bonchev–Trinajstić information content (AvgIpc) is 3.23. The predicted octanol–water partition coefficient (Wildman–Crippen LogP) is 4.17. The Kier molecular flexibility index (Phi) is 4.19. The molecule has 0 atom stereocenters. The van der Waals surface area contributed by atoms with Crippen molar-refractivity contribution < 1.29 is 4.40 Å². The van der Waals surface area contributed by atoms with E-state index >= 15 is 0 Å². The second-order valence-electron chi connectivity index (χ2n) is 7.52. The molecule has 1 aromatic carbocycles. The van der Waals surface area contributed by atoms with Crippen molar-refractivity contribution in [1.29, 1.82) is 5.26 Å². The van der Waals surface area contributed by atoms with E-state index < -0.39 is 0 Å². The normalized spacial score (nSPS) is 11.6. The molecule has 0 aliphatic heterocycles. The van der Waals surface area contributed by atoms with Gasteiger partial charge in [-0.2, -0.15) is 9.66 Å². The Hall–Kier alpha value is -3.13. The third kappa shape index (κ3) is 2.69. The number of aromatic amines is 1. The maximum absolute atomic E-state index is 9.92. The van der Waals surface area contributed by atoms with Crippen LogP contribution in [0.4, 0.5) is 0 Å². The van der Waals surface area contributed by atoms with Gasteiger partial charge in [0, 0.05) is 12.5 Å². The summed E-state index contributed by atoms with van der Waals surface area (Å²) in [5.41, 5.74) is 5.90. The van der Waals surface area contributed by atoms with Crippen LogP contribution in [-0.2, 0) is 6.42 Å². The van der Waals surface area contributed by atoms with Gasteiger partial charge in [0.15, 0.2) is 5.82 Å². The Morgan fingerprint density at radius 3 is 2.70 bits per heavy atom. The molecule has 0 saturated carbocycles. The van der Waals surface area contributed by atoms with E-state index in [9.17, 15) is 5.26 Å². The van der Waals surface area contributed by atoms with Crippen LogP contribution in [0.1, 0.15) is 42.8 Å². The lowest BCUT2D eigenvalue weighted by molar-refractivity contribution is -0.476. The number of pyridine rings is 1. The molecular weight excluding hydrogens is 334 g/mol. The van der Waals surface area contributed by atoms with Gasteiger partial charge in [0.1, 0.15) is 22.7 Å². The first-order valence-corrected chi connectivity index (χ1v) is 9.41. The molecule has 0 radical (unpaired) electrons. The summed E-state index contributed by atoms with van der Waals surface area (Å²) in [5, 5.41) is 9.92. The fourth-order valence-corrected chi connectivity index (χ4v) is 3.83. The van der Waals surface area contributed by atoms with Gasteiger partial charge in [0.05, 0.1) is 12.4 Å². The zero-order chi connectivity index (χ0) is 19.1. The fraction of sp³-hybridized carbons (Fsp3) is 0.318. The van der Waals surface area contributed by atoms with Crippen molar-refractivity contribution in [1.82, 2.24) is 14.5 Å². The lowest BCUT2D eigenvalue weighted by atomic mass is 9.96. The molecule has 4 aromatic rings. The van der Waals surface area contributed by atoms with Crippen LogP contribution in [0.15, 0.2) is 36.7 Å². The summed E-state index contributed by atoms with van der Waals surface area (Å²) >= 11 is 0. The molecule has 0 amide bonds. The molecule has 1 N–H and O–H groups in total. The zero-order valence-corrected chi connectivity index (χ0v) is 16.2. The van der Waals surface area contributed by atoms with Crippen LogP contribution in [0.5, 0.6) is 0 Å². The molecule has 3 aromatic heterocycles. The molecule has 0 unspecified atom stereocenters. The fourth-order valence-electron chi connectivity index (χ4n) is 3.83. The minimum absolute atomic E-state index is 0.593. The highest BCUT2D eigenvalue weighted by atomic mass is 15.2. The van der Waals surface area contributed by atoms with E-state index in [2.05, 4.69) is 57.9 Å². The number of H-pyrrole nitrogens is 1. The minimum atomic E-state index is 0.593. The number of nitrogens with one attached hydrogen (secondary N) is 1. The van der Waals surface area contributed by atoms with E-state index in [1.807, 2.05) is 31.5 Å². The van der Waals surface area contributed by atoms with E-state index in [0.717, 1.165) is 46.7 Å². The summed E-state index contributed by atoms with van der Waals surface area (Å²) in [5.74, 6) is 2.61. The smallest absolute Gasteiger partial charge is 0.250 e. The number of nitrogens with zero attached hydrogens (tertiary/aromatic N) is 4. The number of benzene rings is 1. The second-order valence-corrected chi connectivity index (χ2v) is 7.52. The highest BCUT2D eigenvalue weighted by molar-refractivity contribution is 5.77. The van der Waals surface area contributed by atoms with Gasteiger partial charge in [-0.05, 0) is 43.4 Å². The van der Waals surface area contributed by atoms with Crippen molar-refractivity contribution in [3.63, 3.8) is 0 Å². The Labute approximate surface area is 158 Å². The third-order valence-corrected chi connectivity index (χ3v) is 5.31. The molecular formula is C22H24N5+. The maximum Gasteiger partial charge on any atom is 0.250 e. The second kappa shape index (κ2) is 6.55. The molecule has 27 heavy (non-hydrogen) atoms. The molecule has 0 bridgehead atoms. The van der Waals surface area contributed by atoms with E-state index in [4.69, 9.17) is 0 Å². The van der Waals surface area contributed by atoms with Crippen molar-refractivity contribution in [2.24, 2.45) is 5.92 Å². The van der Waals surface area contributed by atoms with E-state index in [1.165, 1.54) is 5.56 Å². The van der Waals surface area contributed by atoms with Crippen LogP contribution >= 0.6 is 0 Å². The number of aryl methyl sites for hydroxylation is 1. The first kappa shape index (κ1) is 17.3.